The fourth-order valence-corrected chi connectivity index (χ4v) is 2.45. The van der Waals surface area contributed by atoms with Gasteiger partial charge in [0.2, 0.25) is 0 Å². The van der Waals surface area contributed by atoms with Crippen molar-refractivity contribution in [2.24, 2.45) is 0 Å². The van der Waals surface area contributed by atoms with E-state index in [1.165, 1.54) is 0 Å². The molecule has 1 N–H and O–H groups in total. The molecule has 0 aliphatic carbocycles. The predicted molar refractivity (Wildman–Crippen MR) is 82.7 cm³/mol. The standard InChI is InChI=1S/C16H24N2O3/c1-12-11-17(13-5-7-14(19)8-6-13)9-10-18(12)15(20)21-16(2,3)4/h5-8,12,19H,9-11H2,1-4H3/t12-/m0/s1. The molecule has 5 nitrogen and oxygen atoms in total. The zero-order valence-corrected chi connectivity index (χ0v) is 13.2. The van der Waals surface area contributed by atoms with Crippen LogP contribution < -0.4 is 4.90 Å². The second-order valence-corrected chi connectivity index (χ2v) is 6.49. The first-order valence-corrected chi connectivity index (χ1v) is 7.30. The summed E-state index contributed by atoms with van der Waals surface area (Å²) in [5.41, 5.74) is 0.591. The first-order valence-electron chi connectivity index (χ1n) is 7.30. The smallest absolute Gasteiger partial charge is 0.410 e. The van der Waals surface area contributed by atoms with E-state index in [1.54, 1.807) is 17.0 Å². The van der Waals surface area contributed by atoms with Gasteiger partial charge in [-0.05, 0) is 52.0 Å². The molecule has 1 saturated heterocycles. The van der Waals surface area contributed by atoms with E-state index >= 15 is 0 Å². The Morgan fingerprint density at radius 2 is 1.86 bits per heavy atom. The number of benzene rings is 1. The number of nitrogens with zero attached hydrogens (tertiary/aromatic N) is 2. The van der Waals surface area contributed by atoms with E-state index in [0.29, 0.717) is 6.54 Å². The third-order valence-electron chi connectivity index (χ3n) is 3.47. The summed E-state index contributed by atoms with van der Waals surface area (Å²) in [5.74, 6) is 0.263. The first kappa shape index (κ1) is 15.5. The average Bonchev–Trinajstić information content (AvgIpc) is 2.37. The second kappa shape index (κ2) is 5.84. The molecule has 0 radical (unpaired) electrons. The highest BCUT2D eigenvalue weighted by atomic mass is 16.6. The molecule has 5 heteroatoms. The van der Waals surface area contributed by atoms with Crippen LogP contribution in [0.4, 0.5) is 10.5 Å². The van der Waals surface area contributed by atoms with Crippen molar-refractivity contribution < 1.29 is 14.6 Å². The fourth-order valence-electron chi connectivity index (χ4n) is 2.45. The van der Waals surface area contributed by atoms with Crippen LogP contribution >= 0.6 is 0 Å². The summed E-state index contributed by atoms with van der Waals surface area (Å²) in [6.07, 6.45) is -0.250. The zero-order valence-electron chi connectivity index (χ0n) is 13.2. The van der Waals surface area contributed by atoms with E-state index in [4.69, 9.17) is 4.74 Å². The van der Waals surface area contributed by atoms with Gasteiger partial charge < -0.3 is 19.6 Å². The van der Waals surface area contributed by atoms with Gasteiger partial charge in [0, 0.05) is 31.4 Å². The quantitative estimate of drug-likeness (QED) is 0.865. The van der Waals surface area contributed by atoms with E-state index in [0.717, 1.165) is 18.8 Å². The maximum absolute atomic E-state index is 12.2. The number of rotatable bonds is 1. The average molecular weight is 292 g/mol. The van der Waals surface area contributed by atoms with E-state index < -0.39 is 5.60 Å². The van der Waals surface area contributed by atoms with Gasteiger partial charge in [-0.15, -0.1) is 0 Å². The molecular weight excluding hydrogens is 268 g/mol. The molecule has 1 aliphatic heterocycles. The van der Waals surface area contributed by atoms with Crippen molar-refractivity contribution >= 4 is 11.8 Å². The third kappa shape index (κ3) is 4.03. The summed E-state index contributed by atoms with van der Waals surface area (Å²) < 4.78 is 5.44. The third-order valence-corrected chi connectivity index (χ3v) is 3.47. The number of carbonyl (C=O) groups excluding carboxylic acids is 1. The van der Waals surface area contributed by atoms with E-state index in [-0.39, 0.29) is 17.9 Å². The molecule has 1 amide bonds. The molecule has 0 bridgehead atoms. The molecule has 0 unspecified atom stereocenters. The molecule has 2 rings (SSSR count). The molecule has 1 atom stereocenters. The van der Waals surface area contributed by atoms with Crippen LogP contribution in [0.1, 0.15) is 27.7 Å². The van der Waals surface area contributed by atoms with Crippen LogP contribution in [0.3, 0.4) is 0 Å². The van der Waals surface area contributed by atoms with Gasteiger partial charge in [0.05, 0.1) is 0 Å². The number of aromatic hydroxyl groups is 1. The lowest BCUT2D eigenvalue weighted by atomic mass is 10.1. The number of hydrogen-bond donors (Lipinski definition) is 1. The Kier molecular flexibility index (Phi) is 4.30. The van der Waals surface area contributed by atoms with Gasteiger partial charge in [-0.3, -0.25) is 0 Å². The number of piperazine rings is 1. The molecule has 1 fully saturated rings. The maximum Gasteiger partial charge on any atom is 0.410 e. The Morgan fingerprint density at radius 3 is 2.38 bits per heavy atom. The van der Waals surface area contributed by atoms with E-state index in [2.05, 4.69) is 4.90 Å². The first-order chi connectivity index (χ1) is 9.76. The molecule has 1 aliphatic rings. The molecule has 0 spiro atoms. The van der Waals surface area contributed by atoms with Gasteiger partial charge >= 0.3 is 6.09 Å². The molecule has 1 heterocycles. The lowest BCUT2D eigenvalue weighted by molar-refractivity contribution is 0.0159. The molecule has 0 saturated carbocycles. The van der Waals surface area contributed by atoms with Crippen molar-refractivity contribution in [1.29, 1.82) is 0 Å². The highest BCUT2D eigenvalue weighted by Crippen LogP contribution is 2.22. The van der Waals surface area contributed by atoms with E-state index in [1.807, 2.05) is 39.8 Å². The van der Waals surface area contributed by atoms with Gasteiger partial charge in [-0.1, -0.05) is 0 Å². The topological polar surface area (TPSA) is 53.0 Å². The SMILES string of the molecule is C[C@H]1CN(c2ccc(O)cc2)CCN1C(=O)OC(C)(C)C. The van der Waals surface area contributed by atoms with Gasteiger partial charge in [0.1, 0.15) is 11.4 Å². The Bertz CT molecular complexity index is 493. The van der Waals surface area contributed by atoms with Crippen molar-refractivity contribution in [1.82, 2.24) is 4.90 Å². The van der Waals surface area contributed by atoms with Gasteiger partial charge in [0.25, 0.3) is 0 Å². The number of amides is 1. The van der Waals surface area contributed by atoms with Gasteiger partial charge in [-0.25, -0.2) is 4.79 Å². The monoisotopic (exact) mass is 292 g/mol. The van der Waals surface area contributed by atoms with Crippen molar-refractivity contribution in [2.75, 3.05) is 24.5 Å². The largest absolute Gasteiger partial charge is 0.508 e. The molecule has 21 heavy (non-hydrogen) atoms. The fraction of sp³-hybridized carbons (Fsp3) is 0.562. The van der Waals surface area contributed by atoms with Crippen molar-refractivity contribution in [2.45, 2.75) is 39.3 Å². The molecule has 116 valence electrons. The van der Waals surface area contributed by atoms with E-state index in [9.17, 15) is 9.90 Å². The van der Waals surface area contributed by atoms with Crippen molar-refractivity contribution in [3.63, 3.8) is 0 Å². The van der Waals surface area contributed by atoms with Crippen LogP contribution in [-0.2, 0) is 4.74 Å². The summed E-state index contributed by atoms with van der Waals surface area (Å²) in [5, 5.41) is 9.34. The summed E-state index contributed by atoms with van der Waals surface area (Å²) in [7, 11) is 0. The molecule has 1 aromatic rings. The number of ether oxygens (including phenoxy) is 1. The maximum atomic E-state index is 12.2. The van der Waals surface area contributed by atoms with Crippen LogP contribution in [0.2, 0.25) is 0 Å². The van der Waals surface area contributed by atoms with Gasteiger partial charge in [-0.2, -0.15) is 0 Å². The van der Waals surface area contributed by atoms with Crippen LogP contribution in [0.15, 0.2) is 24.3 Å². The highest BCUT2D eigenvalue weighted by molar-refractivity contribution is 5.69. The molecular formula is C16H24N2O3. The number of carbonyl (C=O) groups is 1. The normalized spacial score (nSPS) is 19.5. The molecule has 1 aromatic carbocycles. The van der Waals surface area contributed by atoms with Crippen LogP contribution in [-0.4, -0.2) is 47.4 Å². The minimum atomic E-state index is -0.467. The summed E-state index contributed by atoms with van der Waals surface area (Å²) in [6.45, 7) is 9.80. The Labute approximate surface area is 126 Å². The summed E-state index contributed by atoms with van der Waals surface area (Å²) in [4.78, 5) is 16.2. The summed E-state index contributed by atoms with van der Waals surface area (Å²) in [6, 6.07) is 7.24. The Balaban J connectivity index is 1.99. The minimum absolute atomic E-state index is 0.0856. The van der Waals surface area contributed by atoms with Crippen LogP contribution in [0.5, 0.6) is 5.75 Å². The second-order valence-electron chi connectivity index (χ2n) is 6.49. The van der Waals surface area contributed by atoms with Crippen LogP contribution in [0, 0.1) is 0 Å². The van der Waals surface area contributed by atoms with Crippen molar-refractivity contribution in [3.8, 4) is 5.75 Å². The van der Waals surface area contributed by atoms with Crippen molar-refractivity contribution in [3.05, 3.63) is 24.3 Å². The lowest BCUT2D eigenvalue weighted by Crippen LogP contribution is -2.55. The number of anilines is 1. The highest BCUT2D eigenvalue weighted by Gasteiger charge is 2.30. The van der Waals surface area contributed by atoms with Crippen LogP contribution in [0.25, 0.3) is 0 Å². The van der Waals surface area contributed by atoms with Gasteiger partial charge in [0.15, 0.2) is 0 Å². The lowest BCUT2D eigenvalue weighted by Gasteiger charge is -2.41. The number of phenolic OH excluding ortho intramolecular Hbond substituents is 1. The zero-order chi connectivity index (χ0) is 15.6. The predicted octanol–water partition coefficient (Wildman–Crippen LogP) is 2.84. The number of hydrogen-bond acceptors (Lipinski definition) is 4. The number of phenols is 1. The minimum Gasteiger partial charge on any atom is -0.508 e. The molecule has 0 aromatic heterocycles. The Hall–Kier alpha value is -1.91. The Morgan fingerprint density at radius 1 is 1.24 bits per heavy atom. The summed E-state index contributed by atoms with van der Waals surface area (Å²) >= 11 is 0.